The summed E-state index contributed by atoms with van der Waals surface area (Å²) in [6.07, 6.45) is 3.05. The van der Waals surface area contributed by atoms with Gasteiger partial charge < -0.3 is 10.6 Å². The van der Waals surface area contributed by atoms with E-state index in [-0.39, 0.29) is 18.0 Å². The third kappa shape index (κ3) is 4.01. The molecule has 0 saturated carbocycles. The number of benzene rings is 1. The molecule has 0 radical (unpaired) electrons. The zero-order chi connectivity index (χ0) is 15.2. The van der Waals surface area contributed by atoms with E-state index in [1.807, 2.05) is 4.90 Å². The molecule has 0 unspecified atom stereocenters. The Morgan fingerprint density at radius 2 is 2.00 bits per heavy atom. The number of nitrogens with zero attached hydrogens (tertiary/aromatic N) is 2. The summed E-state index contributed by atoms with van der Waals surface area (Å²) in [4.78, 5) is 24.6. The van der Waals surface area contributed by atoms with Gasteiger partial charge in [0.15, 0.2) is 0 Å². The predicted octanol–water partition coefficient (Wildman–Crippen LogP) is 1.72. The Morgan fingerprint density at radius 3 is 2.62 bits per heavy atom. The normalized spacial score (nSPS) is 16.0. The van der Waals surface area contributed by atoms with E-state index in [4.69, 9.17) is 5.73 Å². The number of hydrogen-bond donors (Lipinski definition) is 1. The Kier molecular flexibility index (Phi) is 5.27. The minimum absolute atomic E-state index is 0.0175. The van der Waals surface area contributed by atoms with Gasteiger partial charge in [-0.1, -0.05) is 18.2 Å². The van der Waals surface area contributed by atoms with Crippen LogP contribution in [0.15, 0.2) is 24.3 Å². The molecule has 0 aliphatic carbocycles. The second kappa shape index (κ2) is 7.17. The first-order chi connectivity index (χ1) is 10.1. The summed E-state index contributed by atoms with van der Waals surface area (Å²) < 4.78 is 0. The number of nitrogens with two attached hydrogens (primary N) is 1. The van der Waals surface area contributed by atoms with E-state index < -0.39 is 4.92 Å². The topological polar surface area (TPSA) is 89.5 Å². The summed E-state index contributed by atoms with van der Waals surface area (Å²) in [5, 5.41) is 11.0. The highest BCUT2D eigenvalue weighted by Crippen LogP contribution is 2.22. The third-order valence-corrected chi connectivity index (χ3v) is 4.07. The van der Waals surface area contributed by atoms with Crippen LogP contribution in [0.4, 0.5) is 5.69 Å². The number of nitro benzene ring substituents is 1. The van der Waals surface area contributed by atoms with E-state index >= 15 is 0 Å². The maximum Gasteiger partial charge on any atom is 0.273 e. The van der Waals surface area contributed by atoms with Crippen LogP contribution in [0.1, 0.15) is 24.8 Å². The lowest BCUT2D eigenvalue weighted by molar-refractivity contribution is -0.385. The molecule has 1 fully saturated rings. The Morgan fingerprint density at radius 1 is 1.33 bits per heavy atom. The molecular formula is C15H21N3O3. The van der Waals surface area contributed by atoms with Crippen molar-refractivity contribution in [1.29, 1.82) is 0 Å². The summed E-state index contributed by atoms with van der Waals surface area (Å²) in [6, 6.07) is 6.43. The van der Waals surface area contributed by atoms with Gasteiger partial charge in [0.25, 0.3) is 5.69 Å². The molecule has 6 heteroatoms. The molecule has 0 spiro atoms. The van der Waals surface area contributed by atoms with Crippen molar-refractivity contribution in [3.05, 3.63) is 39.9 Å². The second-order valence-electron chi connectivity index (χ2n) is 5.46. The maximum atomic E-state index is 12.3. The molecule has 0 atom stereocenters. The van der Waals surface area contributed by atoms with Crippen LogP contribution >= 0.6 is 0 Å². The van der Waals surface area contributed by atoms with E-state index in [0.29, 0.717) is 18.0 Å². The average Bonchev–Trinajstić information content (AvgIpc) is 2.48. The molecular weight excluding hydrogens is 270 g/mol. The van der Waals surface area contributed by atoms with Gasteiger partial charge in [0.05, 0.1) is 11.3 Å². The van der Waals surface area contributed by atoms with Gasteiger partial charge in [-0.05, 0) is 31.7 Å². The minimum Gasteiger partial charge on any atom is -0.342 e. The molecule has 0 bridgehead atoms. The lowest BCUT2D eigenvalue weighted by Crippen LogP contribution is -2.39. The number of nitro groups is 1. The quantitative estimate of drug-likeness (QED) is 0.660. The fraction of sp³-hybridized carbons (Fsp3) is 0.533. The van der Waals surface area contributed by atoms with Crippen molar-refractivity contribution in [3.63, 3.8) is 0 Å². The molecule has 1 aromatic rings. The number of amides is 1. The number of hydrogen-bond acceptors (Lipinski definition) is 4. The molecule has 21 heavy (non-hydrogen) atoms. The number of rotatable bonds is 5. The van der Waals surface area contributed by atoms with Gasteiger partial charge in [-0.25, -0.2) is 0 Å². The Bertz CT molecular complexity index is 511. The van der Waals surface area contributed by atoms with Crippen molar-refractivity contribution in [3.8, 4) is 0 Å². The zero-order valence-electron chi connectivity index (χ0n) is 12.0. The summed E-state index contributed by atoms with van der Waals surface area (Å²) in [7, 11) is 0. The molecule has 1 aliphatic heterocycles. The summed E-state index contributed by atoms with van der Waals surface area (Å²) >= 11 is 0. The standard InChI is InChI=1S/C15H21N3O3/c16-8-5-12-6-9-17(10-7-12)15(19)11-13-3-1-2-4-14(13)18(20)21/h1-4,12H,5-11,16H2. The van der Waals surface area contributed by atoms with Crippen LogP contribution in [0, 0.1) is 16.0 Å². The van der Waals surface area contributed by atoms with Crippen molar-refractivity contribution in [2.24, 2.45) is 11.7 Å². The van der Waals surface area contributed by atoms with Gasteiger partial charge >= 0.3 is 0 Å². The number of carbonyl (C=O) groups excluding carboxylic acids is 1. The molecule has 0 aromatic heterocycles. The number of likely N-dealkylation sites (tertiary alicyclic amines) is 1. The van der Waals surface area contributed by atoms with Crippen molar-refractivity contribution < 1.29 is 9.72 Å². The summed E-state index contributed by atoms with van der Waals surface area (Å²) in [6.45, 7) is 2.14. The fourth-order valence-corrected chi connectivity index (χ4v) is 2.82. The van der Waals surface area contributed by atoms with Crippen LogP contribution in [0.25, 0.3) is 0 Å². The van der Waals surface area contributed by atoms with Crippen LogP contribution in [-0.2, 0) is 11.2 Å². The van der Waals surface area contributed by atoms with E-state index in [2.05, 4.69) is 0 Å². The van der Waals surface area contributed by atoms with Crippen LogP contribution < -0.4 is 5.73 Å². The Labute approximate surface area is 124 Å². The molecule has 114 valence electrons. The number of piperidine rings is 1. The fourth-order valence-electron chi connectivity index (χ4n) is 2.82. The molecule has 6 nitrogen and oxygen atoms in total. The highest BCUT2D eigenvalue weighted by molar-refractivity contribution is 5.80. The third-order valence-electron chi connectivity index (χ3n) is 4.07. The van der Waals surface area contributed by atoms with E-state index in [9.17, 15) is 14.9 Å². The van der Waals surface area contributed by atoms with E-state index in [1.54, 1.807) is 18.2 Å². The van der Waals surface area contributed by atoms with Gasteiger partial charge in [0.1, 0.15) is 0 Å². The van der Waals surface area contributed by atoms with E-state index in [0.717, 1.165) is 32.4 Å². The smallest absolute Gasteiger partial charge is 0.273 e. The van der Waals surface area contributed by atoms with Crippen LogP contribution in [-0.4, -0.2) is 35.4 Å². The molecule has 1 aromatic carbocycles. The first-order valence-corrected chi connectivity index (χ1v) is 7.32. The first kappa shape index (κ1) is 15.4. The maximum absolute atomic E-state index is 12.3. The summed E-state index contributed by atoms with van der Waals surface area (Å²) in [5.41, 5.74) is 6.06. The van der Waals surface area contributed by atoms with E-state index in [1.165, 1.54) is 6.07 Å². The number of carbonyl (C=O) groups is 1. The van der Waals surface area contributed by atoms with Crippen molar-refractivity contribution in [2.45, 2.75) is 25.7 Å². The molecule has 2 rings (SSSR count). The second-order valence-corrected chi connectivity index (χ2v) is 5.46. The molecule has 1 amide bonds. The monoisotopic (exact) mass is 291 g/mol. The van der Waals surface area contributed by atoms with Gasteiger partial charge in [-0.15, -0.1) is 0 Å². The van der Waals surface area contributed by atoms with Gasteiger partial charge in [0, 0.05) is 24.7 Å². The highest BCUT2D eigenvalue weighted by Gasteiger charge is 2.24. The molecule has 1 heterocycles. The number of para-hydroxylation sites is 1. The van der Waals surface area contributed by atoms with Crippen LogP contribution in [0.5, 0.6) is 0 Å². The SMILES string of the molecule is NCCC1CCN(C(=O)Cc2ccccc2[N+](=O)[O-])CC1. The molecule has 1 saturated heterocycles. The Hall–Kier alpha value is -1.95. The van der Waals surface area contributed by atoms with Crippen molar-refractivity contribution >= 4 is 11.6 Å². The van der Waals surface area contributed by atoms with Crippen LogP contribution in [0.3, 0.4) is 0 Å². The lowest BCUT2D eigenvalue weighted by atomic mass is 9.93. The van der Waals surface area contributed by atoms with Crippen LogP contribution in [0.2, 0.25) is 0 Å². The predicted molar refractivity (Wildman–Crippen MR) is 79.8 cm³/mol. The van der Waals surface area contributed by atoms with Gasteiger partial charge in [-0.2, -0.15) is 0 Å². The average molecular weight is 291 g/mol. The molecule has 1 aliphatic rings. The highest BCUT2D eigenvalue weighted by atomic mass is 16.6. The molecule has 2 N–H and O–H groups in total. The minimum atomic E-state index is -0.434. The van der Waals surface area contributed by atoms with Gasteiger partial charge in [-0.3, -0.25) is 14.9 Å². The Balaban J connectivity index is 1.95. The zero-order valence-corrected chi connectivity index (χ0v) is 12.0. The van der Waals surface area contributed by atoms with Crippen molar-refractivity contribution in [1.82, 2.24) is 4.90 Å². The largest absolute Gasteiger partial charge is 0.342 e. The van der Waals surface area contributed by atoms with Crippen molar-refractivity contribution in [2.75, 3.05) is 19.6 Å². The lowest BCUT2D eigenvalue weighted by Gasteiger charge is -2.32. The summed E-state index contributed by atoms with van der Waals surface area (Å²) in [5.74, 6) is 0.570. The van der Waals surface area contributed by atoms with Gasteiger partial charge in [0.2, 0.25) is 5.91 Å². The first-order valence-electron chi connectivity index (χ1n) is 7.32.